The fraction of sp³-hybridized carbons (Fsp3) is 0.286. The van der Waals surface area contributed by atoms with E-state index in [0.29, 0.717) is 27.6 Å². The van der Waals surface area contributed by atoms with Gasteiger partial charge in [0.2, 0.25) is 0 Å². The zero-order valence-electron chi connectivity index (χ0n) is 21.4. The highest BCUT2D eigenvalue weighted by atomic mass is 32.2. The summed E-state index contributed by atoms with van der Waals surface area (Å²) >= 11 is 2.80. The molecule has 0 aliphatic heterocycles. The second-order valence-electron chi connectivity index (χ2n) is 9.17. The first kappa shape index (κ1) is 26.0. The average molecular weight is 549 g/mol. The Morgan fingerprint density at radius 1 is 1.21 bits per heavy atom. The summed E-state index contributed by atoms with van der Waals surface area (Å²) in [4.78, 5) is 33.4. The third-order valence-electron chi connectivity index (χ3n) is 6.53. The minimum absolute atomic E-state index is 0.0279. The molecule has 0 radical (unpaired) electrons. The number of amides is 1. The minimum Gasteiger partial charge on any atom is -0.504 e. The number of phenols is 1. The molecule has 0 saturated heterocycles. The van der Waals surface area contributed by atoms with Crippen LogP contribution >= 0.6 is 23.1 Å². The summed E-state index contributed by atoms with van der Waals surface area (Å²) in [6.45, 7) is 3.75. The van der Waals surface area contributed by atoms with Crippen molar-refractivity contribution in [2.75, 3.05) is 12.9 Å². The van der Waals surface area contributed by atoms with E-state index in [1.54, 1.807) is 35.0 Å². The number of aromatic hydroxyl groups is 1. The van der Waals surface area contributed by atoms with Crippen molar-refractivity contribution in [1.29, 1.82) is 0 Å². The first-order valence-corrected chi connectivity index (χ1v) is 14.1. The summed E-state index contributed by atoms with van der Waals surface area (Å²) in [5, 5.41) is 15.2. The maximum atomic E-state index is 13.8. The Kier molecular flexibility index (Phi) is 7.53. The molecule has 2 heterocycles. The molecule has 8 nitrogen and oxygen atoms in total. The maximum absolute atomic E-state index is 13.8. The summed E-state index contributed by atoms with van der Waals surface area (Å²) in [5.41, 5.74) is 6.71. The van der Waals surface area contributed by atoms with Gasteiger partial charge in [-0.15, -0.1) is 11.3 Å². The summed E-state index contributed by atoms with van der Waals surface area (Å²) < 4.78 is 6.76. The predicted molar refractivity (Wildman–Crippen MR) is 152 cm³/mol. The molecule has 2 aromatic carbocycles. The van der Waals surface area contributed by atoms with Crippen LogP contribution in [0.25, 0.3) is 15.9 Å². The molecule has 1 amide bonds. The number of nitrogens with one attached hydrogen (secondary N) is 1. The van der Waals surface area contributed by atoms with Crippen molar-refractivity contribution in [3.63, 3.8) is 0 Å². The quantitative estimate of drug-likeness (QED) is 0.146. The number of carbonyl (C=O) groups excluding carboxylic acids is 1. The van der Waals surface area contributed by atoms with Gasteiger partial charge in [0, 0.05) is 10.4 Å². The molecule has 0 atom stereocenters. The largest absolute Gasteiger partial charge is 0.504 e. The molecule has 1 aliphatic carbocycles. The number of phenolic OH excluding ortho intramolecular Hbond substituents is 1. The lowest BCUT2D eigenvalue weighted by Gasteiger charge is -2.13. The summed E-state index contributed by atoms with van der Waals surface area (Å²) in [5.74, 6) is 0.0603. The predicted octanol–water partition coefficient (Wildman–Crippen LogP) is 4.98. The van der Waals surface area contributed by atoms with Crippen LogP contribution in [0.3, 0.4) is 0 Å². The van der Waals surface area contributed by atoms with Gasteiger partial charge < -0.3 is 9.84 Å². The number of hydrogen-bond donors (Lipinski definition) is 2. The monoisotopic (exact) mass is 548 g/mol. The van der Waals surface area contributed by atoms with Gasteiger partial charge in [0.1, 0.15) is 4.83 Å². The molecule has 1 aliphatic rings. The van der Waals surface area contributed by atoms with Gasteiger partial charge in [0.25, 0.3) is 11.5 Å². The van der Waals surface area contributed by atoms with Crippen molar-refractivity contribution >= 4 is 44.9 Å². The SMILES string of the molecule is COc1cc(/C(C)=N/NC(=O)CSc2nc3sc4c(c3c(=O)n2-c2ccc(C)cc2)CCCC4)ccc1O. The van der Waals surface area contributed by atoms with Crippen molar-refractivity contribution in [2.24, 2.45) is 5.10 Å². The Morgan fingerprint density at radius 3 is 2.74 bits per heavy atom. The van der Waals surface area contributed by atoms with E-state index in [2.05, 4.69) is 10.5 Å². The minimum atomic E-state index is -0.324. The molecule has 0 bridgehead atoms. The van der Waals surface area contributed by atoms with E-state index in [1.807, 2.05) is 31.2 Å². The molecule has 0 saturated carbocycles. The Balaban J connectivity index is 1.41. The second-order valence-corrected chi connectivity index (χ2v) is 11.2. The molecule has 5 rings (SSSR count). The number of aryl methyl sites for hydroxylation is 3. The van der Waals surface area contributed by atoms with E-state index < -0.39 is 0 Å². The van der Waals surface area contributed by atoms with Crippen LogP contribution in [0.4, 0.5) is 0 Å². The van der Waals surface area contributed by atoms with Crippen LogP contribution in [0.2, 0.25) is 0 Å². The highest BCUT2D eigenvalue weighted by Crippen LogP contribution is 2.35. The molecule has 0 spiro atoms. The number of hydrogen-bond acceptors (Lipinski definition) is 8. The standard InChI is InChI=1S/C28H28N4O4S2/c1-16-8-11-19(12-9-16)32-27(35)25-20-6-4-5-7-23(20)38-26(25)29-28(32)37-15-24(34)31-30-17(2)18-10-13-21(33)22(14-18)36-3/h8-14,33H,4-7,15H2,1-3H3,(H,31,34)/b30-17+. The molecular weight excluding hydrogens is 520 g/mol. The van der Waals surface area contributed by atoms with Crippen molar-refractivity contribution in [1.82, 2.24) is 15.0 Å². The zero-order valence-corrected chi connectivity index (χ0v) is 23.0. The van der Waals surface area contributed by atoms with E-state index in [1.165, 1.54) is 29.8 Å². The van der Waals surface area contributed by atoms with E-state index in [4.69, 9.17) is 9.72 Å². The first-order valence-electron chi connectivity index (χ1n) is 12.3. The number of nitrogens with zero attached hydrogens (tertiary/aromatic N) is 3. The molecule has 2 aromatic heterocycles. The van der Waals surface area contributed by atoms with Gasteiger partial charge in [-0.3, -0.25) is 14.2 Å². The van der Waals surface area contributed by atoms with E-state index in [0.717, 1.165) is 47.3 Å². The normalized spacial score (nSPS) is 13.4. The van der Waals surface area contributed by atoms with Gasteiger partial charge >= 0.3 is 0 Å². The van der Waals surface area contributed by atoms with Crippen LogP contribution in [0.5, 0.6) is 11.5 Å². The highest BCUT2D eigenvalue weighted by Gasteiger charge is 2.23. The average Bonchev–Trinajstić information content (AvgIpc) is 3.30. The summed E-state index contributed by atoms with van der Waals surface area (Å²) in [7, 11) is 1.47. The van der Waals surface area contributed by atoms with Gasteiger partial charge in [-0.05, 0) is 75.4 Å². The van der Waals surface area contributed by atoms with Gasteiger partial charge in [-0.1, -0.05) is 29.5 Å². The van der Waals surface area contributed by atoms with E-state index >= 15 is 0 Å². The van der Waals surface area contributed by atoms with Gasteiger partial charge in [-0.25, -0.2) is 10.4 Å². The molecule has 0 unspecified atom stereocenters. The van der Waals surface area contributed by atoms with Crippen LogP contribution in [0.1, 0.15) is 41.3 Å². The lowest BCUT2D eigenvalue weighted by molar-refractivity contribution is -0.118. The number of thioether (sulfide) groups is 1. The number of rotatable bonds is 7. The summed E-state index contributed by atoms with van der Waals surface area (Å²) in [6, 6.07) is 12.6. The number of ether oxygens (including phenoxy) is 1. The number of methoxy groups -OCH3 is 1. The topological polar surface area (TPSA) is 106 Å². The third-order valence-corrected chi connectivity index (χ3v) is 8.65. The number of aromatic nitrogens is 2. The Bertz CT molecular complexity index is 1610. The molecule has 2 N–H and O–H groups in total. The highest BCUT2D eigenvalue weighted by molar-refractivity contribution is 7.99. The zero-order chi connectivity index (χ0) is 26.8. The lowest BCUT2D eigenvalue weighted by atomic mass is 9.97. The van der Waals surface area contributed by atoms with Crippen LogP contribution in [-0.4, -0.2) is 39.1 Å². The van der Waals surface area contributed by atoms with E-state index in [9.17, 15) is 14.7 Å². The first-order chi connectivity index (χ1) is 18.4. The van der Waals surface area contributed by atoms with Crippen molar-refractivity contribution in [2.45, 2.75) is 44.7 Å². The van der Waals surface area contributed by atoms with E-state index in [-0.39, 0.29) is 23.0 Å². The number of carbonyl (C=O) groups is 1. The molecule has 10 heteroatoms. The van der Waals surface area contributed by atoms with Crippen LogP contribution in [0, 0.1) is 6.92 Å². The van der Waals surface area contributed by atoms with Crippen molar-refractivity contribution < 1.29 is 14.6 Å². The van der Waals surface area contributed by atoms with Crippen molar-refractivity contribution in [3.8, 4) is 17.2 Å². The van der Waals surface area contributed by atoms with Crippen LogP contribution in [0.15, 0.2) is 57.5 Å². The second kappa shape index (κ2) is 11.0. The van der Waals surface area contributed by atoms with Gasteiger partial charge in [0.05, 0.1) is 29.6 Å². The fourth-order valence-corrected chi connectivity index (χ4v) is 6.59. The number of benzene rings is 2. The maximum Gasteiger partial charge on any atom is 0.267 e. The smallest absolute Gasteiger partial charge is 0.267 e. The molecule has 196 valence electrons. The van der Waals surface area contributed by atoms with Crippen LogP contribution < -0.4 is 15.7 Å². The van der Waals surface area contributed by atoms with Crippen molar-refractivity contribution in [3.05, 3.63) is 74.4 Å². The fourth-order valence-electron chi connectivity index (χ4n) is 4.48. The van der Waals surface area contributed by atoms with Crippen LogP contribution in [-0.2, 0) is 17.6 Å². The Labute approximate surface area is 228 Å². The lowest BCUT2D eigenvalue weighted by Crippen LogP contribution is -2.24. The van der Waals surface area contributed by atoms with Gasteiger partial charge in [-0.2, -0.15) is 5.10 Å². The summed E-state index contributed by atoms with van der Waals surface area (Å²) in [6.07, 6.45) is 4.09. The number of hydrazone groups is 1. The molecule has 38 heavy (non-hydrogen) atoms. The Morgan fingerprint density at radius 2 is 1.97 bits per heavy atom. The molecular formula is C28H28N4O4S2. The number of thiophene rings is 1. The molecule has 4 aromatic rings. The molecule has 0 fully saturated rings. The Hall–Kier alpha value is -3.63. The third kappa shape index (κ3) is 5.19. The number of fused-ring (bicyclic) bond motifs is 3. The van der Waals surface area contributed by atoms with Gasteiger partial charge in [0.15, 0.2) is 16.7 Å².